The molecule has 2 aliphatic heterocycles. The molecule has 3 amide bonds. The standard InChI is InChI=1S/C9H13N3O4/c13-6-2-1-5(7(14)12-6)11-8(15)9(16)3-10-4-9/h5,10,16H,1-4H2,(H,11,15)(H,12,13,14). The van der Waals surface area contributed by atoms with E-state index >= 15 is 0 Å². The number of carbonyl (C=O) groups excluding carboxylic acids is 3. The second-order valence-corrected chi connectivity index (χ2v) is 4.11. The van der Waals surface area contributed by atoms with Gasteiger partial charge in [0.1, 0.15) is 6.04 Å². The number of piperidine rings is 1. The molecule has 2 aliphatic rings. The maximum Gasteiger partial charge on any atom is 0.255 e. The summed E-state index contributed by atoms with van der Waals surface area (Å²) in [6.45, 7) is 0.373. The van der Waals surface area contributed by atoms with Crippen molar-refractivity contribution in [2.45, 2.75) is 24.5 Å². The predicted molar refractivity (Wildman–Crippen MR) is 52.1 cm³/mol. The lowest BCUT2D eigenvalue weighted by atomic mass is 9.95. The van der Waals surface area contributed by atoms with E-state index in [1.165, 1.54) is 0 Å². The molecule has 0 aromatic heterocycles. The number of aliphatic hydroxyl groups is 1. The Kier molecular flexibility index (Phi) is 2.64. The summed E-state index contributed by atoms with van der Waals surface area (Å²) < 4.78 is 0. The van der Waals surface area contributed by atoms with Crippen LogP contribution in [0.25, 0.3) is 0 Å². The largest absolute Gasteiger partial charge is 0.377 e. The fraction of sp³-hybridized carbons (Fsp3) is 0.667. The minimum absolute atomic E-state index is 0.187. The van der Waals surface area contributed by atoms with Crippen molar-refractivity contribution < 1.29 is 19.5 Å². The van der Waals surface area contributed by atoms with Crippen LogP contribution in [-0.2, 0) is 14.4 Å². The third kappa shape index (κ3) is 1.91. The zero-order valence-corrected chi connectivity index (χ0v) is 8.58. The second kappa shape index (κ2) is 3.84. The van der Waals surface area contributed by atoms with Gasteiger partial charge in [-0.25, -0.2) is 0 Å². The van der Waals surface area contributed by atoms with Crippen molar-refractivity contribution in [2.75, 3.05) is 13.1 Å². The lowest BCUT2D eigenvalue weighted by molar-refractivity contribution is -0.148. The van der Waals surface area contributed by atoms with Crippen LogP contribution in [0.4, 0.5) is 0 Å². The van der Waals surface area contributed by atoms with Crippen molar-refractivity contribution in [3.63, 3.8) is 0 Å². The zero-order chi connectivity index (χ0) is 11.8. The van der Waals surface area contributed by atoms with Gasteiger partial charge in [-0.1, -0.05) is 0 Å². The third-order valence-electron chi connectivity index (χ3n) is 2.80. The summed E-state index contributed by atoms with van der Waals surface area (Å²) in [5.74, 6) is -1.42. The number of rotatable bonds is 2. The van der Waals surface area contributed by atoms with Gasteiger partial charge in [-0.15, -0.1) is 0 Å². The molecule has 88 valence electrons. The molecule has 2 fully saturated rings. The highest BCUT2D eigenvalue weighted by Gasteiger charge is 2.43. The van der Waals surface area contributed by atoms with Gasteiger partial charge >= 0.3 is 0 Å². The monoisotopic (exact) mass is 227 g/mol. The van der Waals surface area contributed by atoms with E-state index in [0.29, 0.717) is 0 Å². The Morgan fingerprint density at radius 1 is 1.44 bits per heavy atom. The first-order valence-corrected chi connectivity index (χ1v) is 5.09. The molecule has 2 saturated heterocycles. The SMILES string of the molecule is O=C1CCC(NC(=O)C2(O)CNC2)C(=O)N1. The van der Waals surface area contributed by atoms with E-state index in [1.54, 1.807) is 0 Å². The molecular weight excluding hydrogens is 214 g/mol. The first-order valence-electron chi connectivity index (χ1n) is 5.09. The Balaban J connectivity index is 1.92. The molecule has 0 spiro atoms. The van der Waals surface area contributed by atoms with Crippen LogP contribution in [0.1, 0.15) is 12.8 Å². The molecule has 1 unspecified atom stereocenters. The van der Waals surface area contributed by atoms with E-state index in [0.717, 1.165) is 0 Å². The molecule has 0 saturated carbocycles. The fourth-order valence-corrected chi connectivity index (χ4v) is 1.65. The summed E-state index contributed by atoms with van der Waals surface area (Å²) in [6.07, 6.45) is 0.479. The van der Waals surface area contributed by atoms with E-state index in [9.17, 15) is 19.5 Å². The molecule has 2 heterocycles. The lowest BCUT2D eigenvalue weighted by Gasteiger charge is -2.37. The van der Waals surface area contributed by atoms with Crippen LogP contribution in [0, 0.1) is 0 Å². The minimum Gasteiger partial charge on any atom is -0.377 e. The number of hydrogen-bond acceptors (Lipinski definition) is 5. The maximum atomic E-state index is 11.6. The van der Waals surface area contributed by atoms with Gasteiger partial charge in [0, 0.05) is 19.5 Å². The molecule has 7 nitrogen and oxygen atoms in total. The molecule has 2 rings (SSSR count). The Morgan fingerprint density at radius 2 is 2.12 bits per heavy atom. The average molecular weight is 227 g/mol. The molecule has 16 heavy (non-hydrogen) atoms. The van der Waals surface area contributed by atoms with Crippen molar-refractivity contribution in [3.05, 3.63) is 0 Å². The first-order chi connectivity index (χ1) is 7.51. The number of carbonyl (C=O) groups is 3. The van der Waals surface area contributed by atoms with Crippen LogP contribution < -0.4 is 16.0 Å². The summed E-state index contributed by atoms with van der Waals surface area (Å²) in [6, 6.07) is -0.727. The molecular formula is C9H13N3O4. The smallest absolute Gasteiger partial charge is 0.255 e. The summed E-state index contributed by atoms with van der Waals surface area (Å²) >= 11 is 0. The van der Waals surface area contributed by atoms with Gasteiger partial charge in [0.05, 0.1) is 0 Å². The first kappa shape index (κ1) is 11.0. The topological polar surface area (TPSA) is 108 Å². The van der Waals surface area contributed by atoms with Crippen LogP contribution in [0.15, 0.2) is 0 Å². The van der Waals surface area contributed by atoms with Crippen molar-refractivity contribution in [1.29, 1.82) is 0 Å². The molecule has 0 aromatic carbocycles. The van der Waals surface area contributed by atoms with Gasteiger partial charge < -0.3 is 15.7 Å². The average Bonchev–Trinajstić information content (AvgIpc) is 2.18. The highest BCUT2D eigenvalue weighted by molar-refractivity contribution is 6.02. The molecule has 4 N–H and O–H groups in total. The van der Waals surface area contributed by atoms with Crippen LogP contribution in [-0.4, -0.2) is 47.6 Å². The Bertz CT molecular complexity index is 351. The number of β-amino-alcohol motifs (C(OH)–C–C–N with tert-alkyl or cyclic N) is 1. The third-order valence-corrected chi connectivity index (χ3v) is 2.80. The predicted octanol–water partition coefficient (Wildman–Crippen LogP) is -2.76. The summed E-state index contributed by atoms with van der Waals surface area (Å²) in [5.41, 5.74) is -1.41. The molecule has 0 aliphatic carbocycles. The van der Waals surface area contributed by atoms with Crippen molar-refractivity contribution in [1.82, 2.24) is 16.0 Å². The van der Waals surface area contributed by atoms with Crippen LogP contribution in [0.3, 0.4) is 0 Å². The van der Waals surface area contributed by atoms with Gasteiger partial charge in [-0.3, -0.25) is 19.7 Å². The fourth-order valence-electron chi connectivity index (χ4n) is 1.65. The molecule has 1 atom stereocenters. The highest BCUT2D eigenvalue weighted by atomic mass is 16.3. The van der Waals surface area contributed by atoms with Gasteiger partial charge in [-0.05, 0) is 6.42 Å². The number of hydrogen-bond donors (Lipinski definition) is 4. The molecule has 0 aromatic rings. The lowest BCUT2D eigenvalue weighted by Crippen LogP contribution is -2.69. The van der Waals surface area contributed by atoms with Crippen molar-refractivity contribution >= 4 is 17.7 Å². The van der Waals surface area contributed by atoms with Gasteiger partial charge in [0.2, 0.25) is 11.8 Å². The van der Waals surface area contributed by atoms with Gasteiger partial charge in [-0.2, -0.15) is 0 Å². The number of nitrogens with one attached hydrogen (secondary N) is 3. The Labute approximate surface area is 91.6 Å². The number of amides is 3. The van der Waals surface area contributed by atoms with Crippen molar-refractivity contribution in [3.8, 4) is 0 Å². The molecule has 0 bridgehead atoms. The second-order valence-electron chi connectivity index (χ2n) is 4.11. The summed E-state index contributed by atoms with van der Waals surface area (Å²) in [4.78, 5) is 33.8. The van der Waals surface area contributed by atoms with Crippen LogP contribution >= 0.6 is 0 Å². The molecule has 0 radical (unpaired) electrons. The number of imide groups is 1. The Morgan fingerprint density at radius 3 is 2.62 bits per heavy atom. The normalized spacial score (nSPS) is 27.9. The van der Waals surface area contributed by atoms with E-state index in [2.05, 4.69) is 16.0 Å². The van der Waals surface area contributed by atoms with E-state index in [1.807, 2.05) is 0 Å². The summed E-state index contributed by atoms with van der Waals surface area (Å²) in [5, 5.41) is 17.0. The molecule has 7 heteroatoms. The van der Waals surface area contributed by atoms with E-state index < -0.39 is 23.5 Å². The van der Waals surface area contributed by atoms with E-state index in [4.69, 9.17) is 0 Å². The zero-order valence-electron chi connectivity index (χ0n) is 8.58. The van der Waals surface area contributed by atoms with Crippen molar-refractivity contribution in [2.24, 2.45) is 0 Å². The maximum absolute atomic E-state index is 11.6. The van der Waals surface area contributed by atoms with E-state index in [-0.39, 0.29) is 31.8 Å². The highest BCUT2D eigenvalue weighted by Crippen LogP contribution is 2.12. The van der Waals surface area contributed by atoms with Crippen LogP contribution in [0.2, 0.25) is 0 Å². The van der Waals surface area contributed by atoms with Gasteiger partial charge in [0.15, 0.2) is 5.60 Å². The Hall–Kier alpha value is -1.47. The summed E-state index contributed by atoms with van der Waals surface area (Å²) in [7, 11) is 0. The quantitative estimate of drug-likeness (QED) is 0.382. The van der Waals surface area contributed by atoms with Gasteiger partial charge in [0.25, 0.3) is 5.91 Å². The minimum atomic E-state index is -1.41. The van der Waals surface area contributed by atoms with Crippen LogP contribution in [0.5, 0.6) is 0 Å².